The fourth-order valence-corrected chi connectivity index (χ4v) is 5.36. The topological polar surface area (TPSA) is 72.8 Å². The summed E-state index contributed by atoms with van der Waals surface area (Å²) in [5, 5.41) is 0. The third-order valence-electron chi connectivity index (χ3n) is 5.94. The molecule has 1 aliphatic rings. The van der Waals surface area contributed by atoms with E-state index in [1.807, 2.05) is 12.1 Å². The van der Waals surface area contributed by atoms with Gasteiger partial charge in [-0.25, -0.2) is 4.57 Å². The first-order chi connectivity index (χ1) is 14.6. The molecule has 1 unspecified atom stereocenters. The molecule has 0 saturated heterocycles. The first-order valence-corrected chi connectivity index (χ1v) is 12.3. The van der Waals surface area contributed by atoms with Crippen molar-refractivity contribution in [2.75, 3.05) is 6.61 Å². The fraction of sp³-hybridized carbons (Fsp3) is 0.458. The van der Waals surface area contributed by atoms with Crippen molar-refractivity contribution in [1.29, 1.82) is 0 Å². The van der Waals surface area contributed by atoms with Gasteiger partial charge in [-0.05, 0) is 49.7 Å². The Morgan fingerprint density at radius 1 is 0.933 bits per heavy atom. The number of unbranched alkanes of at least 4 members (excludes halogenated alkanes) is 3. The van der Waals surface area contributed by atoms with E-state index < -0.39 is 7.82 Å². The van der Waals surface area contributed by atoms with Crippen LogP contribution < -0.4 is 0 Å². The zero-order valence-electron chi connectivity index (χ0n) is 17.3. The minimum absolute atomic E-state index is 0.110. The third-order valence-corrected chi connectivity index (χ3v) is 7.02. The summed E-state index contributed by atoms with van der Waals surface area (Å²) in [4.78, 5) is 20.4. The zero-order chi connectivity index (χ0) is 21.3. The summed E-state index contributed by atoms with van der Waals surface area (Å²) in [6.45, 7) is 0.164. The minimum atomic E-state index is -4.07. The van der Waals surface area contributed by atoms with Gasteiger partial charge in [0, 0.05) is 11.8 Å². The predicted molar refractivity (Wildman–Crippen MR) is 117 cm³/mol. The average molecular weight is 430 g/mol. The lowest BCUT2D eigenvalue weighted by Crippen LogP contribution is -2.35. The molecule has 162 valence electrons. The Balaban J connectivity index is 1.59. The Morgan fingerprint density at radius 2 is 1.50 bits per heavy atom. The molecule has 0 spiro atoms. The lowest BCUT2D eigenvalue weighted by molar-refractivity contribution is -0.107. The Labute approximate surface area is 179 Å². The van der Waals surface area contributed by atoms with Gasteiger partial charge in [-0.1, -0.05) is 67.1 Å². The van der Waals surface area contributed by atoms with E-state index in [0.29, 0.717) is 25.7 Å². The fourth-order valence-electron chi connectivity index (χ4n) is 4.35. The van der Waals surface area contributed by atoms with Gasteiger partial charge in [-0.2, -0.15) is 0 Å². The van der Waals surface area contributed by atoms with Crippen LogP contribution in [0.1, 0.15) is 62.5 Å². The first kappa shape index (κ1) is 22.9. The number of rotatable bonds is 11. The van der Waals surface area contributed by atoms with Crippen LogP contribution in [0.2, 0.25) is 0 Å². The highest BCUT2D eigenvalue weighted by Crippen LogP contribution is 2.51. The molecular formula is C24H31O5P. The quantitative estimate of drug-likeness (QED) is 0.277. The molecule has 5 nitrogen and oxygen atoms in total. The molecule has 30 heavy (non-hydrogen) atoms. The molecule has 1 atom stereocenters. The Hall–Kier alpha value is -1.78. The van der Waals surface area contributed by atoms with E-state index in [2.05, 4.69) is 48.5 Å². The molecule has 1 saturated carbocycles. The Morgan fingerprint density at radius 3 is 2.03 bits per heavy atom. The van der Waals surface area contributed by atoms with E-state index in [4.69, 9.17) is 9.05 Å². The van der Waals surface area contributed by atoms with Crippen LogP contribution in [0.3, 0.4) is 0 Å². The van der Waals surface area contributed by atoms with Gasteiger partial charge < -0.3 is 9.69 Å². The van der Waals surface area contributed by atoms with Crippen LogP contribution in [0.25, 0.3) is 0 Å². The van der Waals surface area contributed by atoms with Crippen LogP contribution in [-0.4, -0.2) is 23.9 Å². The molecular weight excluding hydrogens is 399 g/mol. The Kier molecular flexibility index (Phi) is 8.41. The SMILES string of the molecule is O=CCCCCCOP(=O)(O)OC1CCC(c2ccccc2)(c2ccccc2)CC1. The molecule has 1 aliphatic carbocycles. The molecule has 2 aromatic carbocycles. The third kappa shape index (κ3) is 6.12. The summed E-state index contributed by atoms with van der Waals surface area (Å²) in [6.07, 6.45) is 6.37. The van der Waals surface area contributed by atoms with Gasteiger partial charge in [0.1, 0.15) is 6.29 Å². The normalized spacial score (nSPS) is 18.6. The molecule has 3 rings (SSSR count). The van der Waals surface area contributed by atoms with E-state index in [0.717, 1.165) is 32.0 Å². The largest absolute Gasteiger partial charge is 0.472 e. The molecule has 1 fully saturated rings. The first-order valence-electron chi connectivity index (χ1n) is 10.8. The monoisotopic (exact) mass is 430 g/mol. The molecule has 0 bridgehead atoms. The van der Waals surface area contributed by atoms with Gasteiger partial charge in [-0.3, -0.25) is 9.05 Å². The number of hydrogen-bond acceptors (Lipinski definition) is 4. The van der Waals surface area contributed by atoms with Crippen LogP contribution in [0.5, 0.6) is 0 Å². The standard InChI is InChI=1S/C24H31O5P/c25-19-9-1-2-10-20-28-30(26,27)29-23-15-17-24(18-16-23,21-11-5-3-6-12-21)22-13-7-4-8-14-22/h3-8,11-14,19,23H,1-2,9-10,15-18,20H2,(H,26,27). The van der Waals surface area contributed by atoms with Crippen LogP contribution in [0.15, 0.2) is 60.7 Å². The van der Waals surface area contributed by atoms with E-state index >= 15 is 0 Å². The molecule has 0 radical (unpaired) electrons. The van der Waals surface area contributed by atoms with Crippen LogP contribution >= 0.6 is 7.82 Å². The van der Waals surface area contributed by atoms with Crippen molar-refractivity contribution in [3.05, 3.63) is 71.8 Å². The average Bonchev–Trinajstić information content (AvgIpc) is 2.78. The smallest absolute Gasteiger partial charge is 0.303 e. The maximum Gasteiger partial charge on any atom is 0.472 e. The van der Waals surface area contributed by atoms with Crippen molar-refractivity contribution >= 4 is 14.1 Å². The van der Waals surface area contributed by atoms with Gasteiger partial charge in [0.2, 0.25) is 0 Å². The number of benzene rings is 2. The highest BCUT2D eigenvalue weighted by Gasteiger charge is 2.40. The van der Waals surface area contributed by atoms with E-state index in [9.17, 15) is 14.3 Å². The summed E-state index contributed by atoms with van der Waals surface area (Å²) in [5.74, 6) is 0. The van der Waals surface area contributed by atoms with E-state index in [-0.39, 0.29) is 18.1 Å². The highest BCUT2D eigenvalue weighted by atomic mass is 31.2. The lowest BCUT2D eigenvalue weighted by atomic mass is 9.65. The van der Waals surface area contributed by atoms with Crippen molar-refractivity contribution in [2.45, 2.75) is 62.9 Å². The summed E-state index contributed by atoms with van der Waals surface area (Å²) in [6, 6.07) is 21.0. The molecule has 0 aromatic heterocycles. The van der Waals surface area contributed by atoms with Gasteiger partial charge in [0.25, 0.3) is 0 Å². The van der Waals surface area contributed by atoms with Crippen molar-refractivity contribution in [3.63, 3.8) is 0 Å². The second kappa shape index (κ2) is 11.0. The minimum Gasteiger partial charge on any atom is -0.303 e. The number of phosphoric acid groups is 1. The highest BCUT2D eigenvalue weighted by molar-refractivity contribution is 7.47. The van der Waals surface area contributed by atoms with Crippen LogP contribution in [0, 0.1) is 0 Å². The van der Waals surface area contributed by atoms with Crippen molar-refractivity contribution in [2.24, 2.45) is 0 Å². The maximum atomic E-state index is 12.3. The number of phosphoric ester groups is 1. The van der Waals surface area contributed by atoms with Gasteiger partial charge in [0.05, 0.1) is 12.7 Å². The molecule has 2 aromatic rings. The lowest BCUT2D eigenvalue weighted by Gasteiger charge is -2.41. The van der Waals surface area contributed by atoms with Gasteiger partial charge in [-0.15, -0.1) is 0 Å². The maximum absolute atomic E-state index is 12.3. The van der Waals surface area contributed by atoms with Crippen molar-refractivity contribution in [3.8, 4) is 0 Å². The molecule has 1 N–H and O–H groups in total. The van der Waals surface area contributed by atoms with E-state index in [1.54, 1.807) is 0 Å². The van der Waals surface area contributed by atoms with Gasteiger partial charge in [0.15, 0.2) is 0 Å². The number of aldehydes is 1. The Bertz CT molecular complexity index is 775. The van der Waals surface area contributed by atoms with Crippen LogP contribution in [-0.2, 0) is 23.8 Å². The van der Waals surface area contributed by atoms with Crippen LogP contribution in [0.4, 0.5) is 0 Å². The second-order valence-electron chi connectivity index (χ2n) is 7.94. The summed E-state index contributed by atoms with van der Waals surface area (Å²) in [5.41, 5.74) is 2.43. The molecule has 0 heterocycles. The van der Waals surface area contributed by atoms with E-state index in [1.165, 1.54) is 11.1 Å². The molecule has 6 heteroatoms. The number of hydrogen-bond donors (Lipinski definition) is 1. The van der Waals surface area contributed by atoms with Crippen molar-refractivity contribution < 1.29 is 23.3 Å². The molecule has 0 aliphatic heterocycles. The molecule has 0 amide bonds. The summed E-state index contributed by atoms with van der Waals surface area (Å²) >= 11 is 0. The summed E-state index contributed by atoms with van der Waals surface area (Å²) in [7, 11) is -4.07. The zero-order valence-corrected chi connectivity index (χ0v) is 18.2. The number of carbonyl (C=O) groups is 1. The van der Waals surface area contributed by atoms with Crippen molar-refractivity contribution in [1.82, 2.24) is 0 Å². The summed E-state index contributed by atoms with van der Waals surface area (Å²) < 4.78 is 23.0. The second-order valence-corrected chi connectivity index (χ2v) is 9.34. The predicted octanol–water partition coefficient (Wildman–Crippen LogP) is 5.81. The number of carbonyl (C=O) groups excluding carboxylic acids is 1. The van der Waals surface area contributed by atoms with Gasteiger partial charge >= 0.3 is 7.82 Å².